The first-order valence-electron chi connectivity index (χ1n) is 9.50. The molecule has 1 amide bonds. The van der Waals surface area contributed by atoms with Crippen molar-refractivity contribution in [2.24, 2.45) is 0 Å². The predicted molar refractivity (Wildman–Crippen MR) is 113 cm³/mol. The van der Waals surface area contributed by atoms with E-state index >= 15 is 0 Å². The molecule has 0 spiro atoms. The van der Waals surface area contributed by atoms with Gasteiger partial charge in [-0.2, -0.15) is 0 Å². The number of carbonyl (C=O) groups is 1. The minimum absolute atomic E-state index is 0.104. The molecule has 28 heavy (non-hydrogen) atoms. The largest absolute Gasteiger partial charge is 0.497 e. The fourth-order valence-electron chi connectivity index (χ4n) is 3.83. The molecule has 1 saturated heterocycles. The number of rotatable bonds is 4. The monoisotopic (exact) mass is 394 g/mol. The summed E-state index contributed by atoms with van der Waals surface area (Å²) in [5.41, 5.74) is 4.60. The highest BCUT2D eigenvalue weighted by molar-refractivity contribution is 6.30. The van der Waals surface area contributed by atoms with Crippen molar-refractivity contribution in [1.29, 1.82) is 0 Å². The highest BCUT2D eigenvalue weighted by atomic mass is 35.5. The van der Waals surface area contributed by atoms with E-state index in [4.69, 9.17) is 16.3 Å². The summed E-state index contributed by atoms with van der Waals surface area (Å²) in [4.78, 5) is 15.1. The maximum absolute atomic E-state index is 13.1. The Kier molecular flexibility index (Phi) is 5.14. The van der Waals surface area contributed by atoms with Crippen molar-refractivity contribution in [1.82, 2.24) is 9.47 Å². The molecule has 4 nitrogen and oxygen atoms in total. The molecule has 0 saturated carbocycles. The van der Waals surface area contributed by atoms with E-state index in [0.717, 1.165) is 59.9 Å². The molecular formula is C23H23ClN2O2. The number of methoxy groups -OCH3 is 1. The summed E-state index contributed by atoms with van der Waals surface area (Å²) < 4.78 is 7.53. The molecule has 1 fully saturated rings. The fourth-order valence-corrected chi connectivity index (χ4v) is 3.96. The van der Waals surface area contributed by atoms with Crippen molar-refractivity contribution in [3.05, 3.63) is 70.9 Å². The van der Waals surface area contributed by atoms with E-state index in [1.54, 1.807) is 7.11 Å². The quantitative estimate of drug-likeness (QED) is 0.597. The molecule has 1 aliphatic rings. The van der Waals surface area contributed by atoms with Crippen molar-refractivity contribution in [2.45, 2.75) is 19.8 Å². The van der Waals surface area contributed by atoms with Gasteiger partial charge in [-0.1, -0.05) is 29.8 Å². The van der Waals surface area contributed by atoms with Crippen LogP contribution in [0, 0.1) is 6.92 Å². The molecule has 144 valence electrons. The van der Waals surface area contributed by atoms with Crippen molar-refractivity contribution >= 4 is 17.5 Å². The number of carbonyl (C=O) groups excluding carboxylic acids is 1. The lowest BCUT2D eigenvalue weighted by atomic mass is 10.1. The van der Waals surface area contributed by atoms with Gasteiger partial charge in [0.25, 0.3) is 5.91 Å². The van der Waals surface area contributed by atoms with Crippen LogP contribution in [0.25, 0.3) is 16.9 Å². The number of hydrogen-bond donors (Lipinski definition) is 0. The Hall–Kier alpha value is -2.72. The van der Waals surface area contributed by atoms with E-state index in [9.17, 15) is 4.79 Å². The molecule has 0 aliphatic carbocycles. The first kappa shape index (κ1) is 18.6. The zero-order valence-corrected chi connectivity index (χ0v) is 16.9. The second-order valence-corrected chi connectivity index (χ2v) is 7.51. The van der Waals surface area contributed by atoms with E-state index in [0.29, 0.717) is 5.02 Å². The van der Waals surface area contributed by atoms with Crippen molar-refractivity contribution < 1.29 is 9.53 Å². The Balaban J connectivity index is 1.88. The molecule has 0 atom stereocenters. The zero-order chi connectivity index (χ0) is 19.7. The minimum atomic E-state index is 0.104. The van der Waals surface area contributed by atoms with Crippen LogP contribution in [0.5, 0.6) is 5.75 Å². The van der Waals surface area contributed by atoms with Crippen LogP contribution < -0.4 is 4.74 Å². The summed E-state index contributed by atoms with van der Waals surface area (Å²) in [6, 6.07) is 17.6. The van der Waals surface area contributed by atoms with Gasteiger partial charge in [0, 0.05) is 35.6 Å². The Labute approximate surface area is 170 Å². The van der Waals surface area contributed by atoms with Crippen LogP contribution >= 0.6 is 11.6 Å². The maximum atomic E-state index is 13.1. The second-order valence-electron chi connectivity index (χ2n) is 7.07. The molecule has 3 aromatic rings. The SMILES string of the molecule is COc1cccc(-n2c(-c3ccc(Cl)cc3)cc(C(=O)N3CCCC3)c2C)c1. The lowest BCUT2D eigenvalue weighted by molar-refractivity contribution is 0.0792. The number of aromatic nitrogens is 1. The summed E-state index contributed by atoms with van der Waals surface area (Å²) >= 11 is 6.08. The van der Waals surface area contributed by atoms with Crippen molar-refractivity contribution in [3.63, 3.8) is 0 Å². The number of nitrogens with zero attached hydrogens (tertiary/aromatic N) is 2. The lowest BCUT2D eigenvalue weighted by Crippen LogP contribution is -2.27. The number of halogens is 1. The molecule has 1 aliphatic heterocycles. The third-order valence-electron chi connectivity index (χ3n) is 5.32. The van der Waals surface area contributed by atoms with Crippen LogP contribution in [0.2, 0.25) is 5.02 Å². The normalized spacial score (nSPS) is 13.8. The highest BCUT2D eigenvalue weighted by Crippen LogP contribution is 2.32. The van der Waals surface area contributed by atoms with Gasteiger partial charge in [-0.3, -0.25) is 4.79 Å². The second kappa shape index (κ2) is 7.72. The Morgan fingerprint density at radius 2 is 1.75 bits per heavy atom. The van der Waals surface area contributed by atoms with Crippen LogP contribution in [0.15, 0.2) is 54.6 Å². The van der Waals surface area contributed by atoms with Gasteiger partial charge < -0.3 is 14.2 Å². The summed E-state index contributed by atoms with van der Waals surface area (Å²) in [6.45, 7) is 3.67. The first-order chi connectivity index (χ1) is 13.6. The van der Waals surface area contributed by atoms with E-state index in [1.165, 1.54) is 0 Å². The molecular weight excluding hydrogens is 372 g/mol. The summed E-state index contributed by atoms with van der Waals surface area (Å²) in [7, 11) is 1.66. The summed E-state index contributed by atoms with van der Waals surface area (Å²) in [5, 5.41) is 0.688. The standard InChI is InChI=1S/C23H23ClN2O2/c1-16-21(23(27)25-12-3-4-13-25)15-22(17-8-10-18(24)11-9-17)26(16)19-6-5-7-20(14-19)28-2/h5-11,14-15H,3-4,12-13H2,1-2H3. The van der Waals surface area contributed by atoms with Crippen LogP contribution in [0.4, 0.5) is 0 Å². The first-order valence-corrected chi connectivity index (χ1v) is 9.88. The average molecular weight is 395 g/mol. The molecule has 4 rings (SSSR count). The van der Waals surface area contributed by atoms with Crippen molar-refractivity contribution in [3.8, 4) is 22.7 Å². The molecule has 1 aromatic heterocycles. The Bertz CT molecular complexity index is 1000. The van der Waals surface area contributed by atoms with Crippen molar-refractivity contribution in [2.75, 3.05) is 20.2 Å². The summed E-state index contributed by atoms with van der Waals surface area (Å²) in [6.07, 6.45) is 2.15. The van der Waals surface area contributed by atoms with Crippen LogP contribution in [-0.4, -0.2) is 35.6 Å². The number of ether oxygens (including phenoxy) is 1. The number of benzene rings is 2. The lowest BCUT2D eigenvalue weighted by Gasteiger charge is -2.16. The number of likely N-dealkylation sites (tertiary alicyclic amines) is 1. The smallest absolute Gasteiger partial charge is 0.255 e. The highest BCUT2D eigenvalue weighted by Gasteiger charge is 2.25. The van der Waals surface area contributed by atoms with E-state index in [2.05, 4.69) is 4.57 Å². The van der Waals surface area contributed by atoms with Gasteiger partial charge in [0.15, 0.2) is 0 Å². The number of hydrogen-bond acceptors (Lipinski definition) is 2. The molecule has 0 unspecified atom stereocenters. The molecule has 0 bridgehead atoms. The Morgan fingerprint density at radius 3 is 2.43 bits per heavy atom. The third-order valence-corrected chi connectivity index (χ3v) is 5.57. The van der Waals surface area contributed by atoms with E-state index < -0.39 is 0 Å². The number of amides is 1. The van der Waals surface area contributed by atoms with Gasteiger partial charge in [-0.05, 0) is 55.7 Å². The van der Waals surface area contributed by atoms with E-state index in [1.807, 2.05) is 66.4 Å². The third kappa shape index (κ3) is 3.40. The van der Waals surface area contributed by atoms with Crippen LogP contribution in [0.3, 0.4) is 0 Å². The van der Waals surface area contributed by atoms with Gasteiger partial charge in [-0.25, -0.2) is 0 Å². The van der Waals surface area contributed by atoms with E-state index in [-0.39, 0.29) is 5.91 Å². The predicted octanol–water partition coefficient (Wildman–Crippen LogP) is 5.35. The van der Waals surface area contributed by atoms with Gasteiger partial charge in [0.1, 0.15) is 5.75 Å². The van der Waals surface area contributed by atoms with Gasteiger partial charge in [0.05, 0.1) is 18.4 Å². The zero-order valence-electron chi connectivity index (χ0n) is 16.1. The van der Waals surface area contributed by atoms with Crippen LogP contribution in [-0.2, 0) is 0 Å². The van der Waals surface area contributed by atoms with Crippen LogP contribution in [0.1, 0.15) is 28.9 Å². The fraction of sp³-hybridized carbons (Fsp3) is 0.261. The van der Waals surface area contributed by atoms with Gasteiger partial charge >= 0.3 is 0 Å². The Morgan fingerprint density at radius 1 is 1.04 bits per heavy atom. The molecule has 5 heteroatoms. The molecule has 2 heterocycles. The molecule has 0 N–H and O–H groups in total. The topological polar surface area (TPSA) is 34.5 Å². The van der Waals surface area contributed by atoms with Gasteiger partial charge in [0.2, 0.25) is 0 Å². The minimum Gasteiger partial charge on any atom is -0.497 e. The average Bonchev–Trinajstić information content (AvgIpc) is 3.36. The molecule has 2 aromatic carbocycles. The summed E-state index contributed by atoms with van der Waals surface area (Å²) in [5.74, 6) is 0.881. The molecule has 0 radical (unpaired) electrons. The van der Waals surface area contributed by atoms with Gasteiger partial charge in [-0.15, -0.1) is 0 Å². The maximum Gasteiger partial charge on any atom is 0.255 e.